The molecule has 102 valence electrons. The third-order valence-electron chi connectivity index (χ3n) is 2.76. The molecule has 18 heavy (non-hydrogen) atoms. The Morgan fingerprint density at radius 3 is 2.50 bits per heavy atom. The molecule has 5 heteroatoms. The van der Waals surface area contributed by atoms with Crippen LogP contribution >= 0.6 is 0 Å². The molecule has 0 saturated carbocycles. The van der Waals surface area contributed by atoms with Gasteiger partial charge in [-0.3, -0.25) is 0 Å². The Balaban J connectivity index is 2.86. The van der Waals surface area contributed by atoms with Crippen molar-refractivity contribution in [3.05, 3.63) is 35.4 Å². The summed E-state index contributed by atoms with van der Waals surface area (Å²) in [5.41, 5.74) is -0.701. The van der Waals surface area contributed by atoms with Gasteiger partial charge in [-0.2, -0.15) is 0 Å². The second-order valence-electron chi connectivity index (χ2n) is 5.09. The molecule has 2 unspecified atom stereocenters. The van der Waals surface area contributed by atoms with Crippen molar-refractivity contribution < 1.29 is 19.0 Å². The van der Waals surface area contributed by atoms with E-state index >= 15 is 0 Å². The van der Waals surface area contributed by atoms with Crippen molar-refractivity contribution in [3.8, 4) is 0 Å². The maximum absolute atomic E-state index is 13.5. The molecule has 1 aromatic rings. The van der Waals surface area contributed by atoms with Gasteiger partial charge in [0.1, 0.15) is 11.6 Å². The van der Waals surface area contributed by atoms with Crippen LogP contribution < -0.4 is 5.32 Å². The first kappa shape index (κ1) is 15.0. The lowest BCUT2D eigenvalue weighted by Crippen LogP contribution is -2.49. The lowest BCUT2D eigenvalue weighted by molar-refractivity contribution is 0.0963. The molecule has 0 bridgehead atoms. The number of nitrogens with one attached hydrogen (secondary N) is 1. The monoisotopic (exact) mass is 259 g/mol. The number of hydrogen-bond acceptors (Lipinski definition) is 3. The molecule has 0 saturated heterocycles. The molecule has 0 heterocycles. The first-order valence-corrected chi connectivity index (χ1v) is 5.78. The molecule has 3 N–H and O–H groups in total. The number of rotatable bonds is 5. The maximum atomic E-state index is 13.5. The zero-order valence-corrected chi connectivity index (χ0v) is 10.7. The highest BCUT2D eigenvalue weighted by molar-refractivity contribution is 5.22. The van der Waals surface area contributed by atoms with Crippen molar-refractivity contribution in [1.29, 1.82) is 0 Å². The van der Waals surface area contributed by atoms with Gasteiger partial charge in [-0.05, 0) is 39.0 Å². The van der Waals surface area contributed by atoms with Gasteiger partial charge < -0.3 is 15.5 Å². The fourth-order valence-electron chi connectivity index (χ4n) is 1.75. The molecule has 0 aliphatic carbocycles. The van der Waals surface area contributed by atoms with Crippen LogP contribution in [0.1, 0.15) is 32.4 Å². The summed E-state index contributed by atoms with van der Waals surface area (Å²) in [6, 6.07) is 2.44. The molecule has 0 radical (unpaired) electrons. The summed E-state index contributed by atoms with van der Waals surface area (Å²) < 4.78 is 26.5. The zero-order valence-electron chi connectivity index (χ0n) is 10.7. The summed E-state index contributed by atoms with van der Waals surface area (Å²) in [6.07, 6.45) is -1.19. The van der Waals surface area contributed by atoms with Crippen molar-refractivity contribution in [1.82, 2.24) is 5.32 Å². The Hall–Kier alpha value is -1.04. The minimum atomic E-state index is -1.19. The smallest absolute Gasteiger partial charge is 0.129 e. The Morgan fingerprint density at radius 2 is 1.94 bits per heavy atom. The van der Waals surface area contributed by atoms with Crippen LogP contribution in [0.4, 0.5) is 8.78 Å². The van der Waals surface area contributed by atoms with Crippen molar-refractivity contribution in [2.75, 3.05) is 6.61 Å². The normalized spacial score (nSPS) is 15.5. The third-order valence-corrected chi connectivity index (χ3v) is 2.76. The van der Waals surface area contributed by atoms with E-state index in [1.165, 1.54) is 0 Å². The SMILES string of the molecule is CC(NC(C)(C)CO)C(O)c1cc(F)ccc1F. The quantitative estimate of drug-likeness (QED) is 0.755. The van der Waals surface area contributed by atoms with Gasteiger partial charge in [0.05, 0.1) is 12.7 Å². The van der Waals surface area contributed by atoms with E-state index in [0.717, 1.165) is 18.2 Å². The third kappa shape index (κ3) is 3.73. The largest absolute Gasteiger partial charge is 0.394 e. The van der Waals surface area contributed by atoms with Crippen LogP contribution in [0.25, 0.3) is 0 Å². The molecule has 0 amide bonds. The molecule has 0 aromatic heterocycles. The van der Waals surface area contributed by atoms with Gasteiger partial charge in [0.15, 0.2) is 0 Å². The van der Waals surface area contributed by atoms with Crippen LogP contribution in [0.15, 0.2) is 18.2 Å². The number of aliphatic hydroxyl groups excluding tert-OH is 2. The van der Waals surface area contributed by atoms with Crippen LogP contribution in [-0.4, -0.2) is 28.4 Å². The van der Waals surface area contributed by atoms with Crippen LogP contribution in [-0.2, 0) is 0 Å². The molecular weight excluding hydrogens is 240 g/mol. The van der Waals surface area contributed by atoms with Crippen LogP contribution in [0.2, 0.25) is 0 Å². The molecule has 0 fully saturated rings. The minimum absolute atomic E-state index is 0.0938. The van der Waals surface area contributed by atoms with E-state index in [9.17, 15) is 13.9 Å². The van der Waals surface area contributed by atoms with Crippen LogP contribution in [0.3, 0.4) is 0 Å². The predicted molar refractivity (Wildman–Crippen MR) is 65.1 cm³/mol. The molecule has 1 aromatic carbocycles. The van der Waals surface area contributed by atoms with Gasteiger partial charge in [-0.15, -0.1) is 0 Å². The topological polar surface area (TPSA) is 52.5 Å². The Kier molecular flexibility index (Phi) is 4.78. The van der Waals surface area contributed by atoms with Gasteiger partial charge in [0.2, 0.25) is 0 Å². The van der Waals surface area contributed by atoms with E-state index in [2.05, 4.69) is 5.32 Å². The standard InChI is InChI=1S/C13H19F2NO2/c1-8(16-13(2,3)7-17)12(18)10-6-9(14)4-5-11(10)15/h4-6,8,12,16-18H,7H2,1-3H3. The van der Waals surface area contributed by atoms with E-state index in [0.29, 0.717) is 0 Å². The van der Waals surface area contributed by atoms with Gasteiger partial charge >= 0.3 is 0 Å². The number of aliphatic hydroxyl groups is 2. The summed E-state index contributed by atoms with van der Waals surface area (Å²) in [6.45, 7) is 5.01. The fourth-order valence-corrected chi connectivity index (χ4v) is 1.75. The number of hydrogen-bond donors (Lipinski definition) is 3. The lowest BCUT2D eigenvalue weighted by Gasteiger charge is -2.31. The molecule has 3 nitrogen and oxygen atoms in total. The molecular formula is C13H19F2NO2. The zero-order chi connectivity index (χ0) is 13.9. The van der Waals surface area contributed by atoms with E-state index in [-0.39, 0.29) is 12.2 Å². The Morgan fingerprint density at radius 1 is 1.33 bits per heavy atom. The summed E-state index contributed by atoms with van der Waals surface area (Å²) in [5.74, 6) is -1.25. The number of halogens is 2. The summed E-state index contributed by atoms with van der Waals surface area (Å²) in [4.78, 5) is 0. The second kappa shape index (κ2) is 5.73. The Bertz CT molecular complexity index is 410. The van der Waals surface area contributed by atoms with Crippen LogP contribution in [0.5, 0.6) is 0 Å². The fraction of sp³-hybridized carbons (Fsp3) is 0.538. The molecule has 0 aliphatic rings. The summed E-state index contributed by atoms with van der Waals surface area (Å²) >= 11 is 0. The van der Waals surface area contributed by atoms with Gasteiger partial charge in [-0.1, -0.05) is 0 Å². The van der Waals surface area contributed by atoms with E-state index in [1.54, 1.807) is 20.8 Å². The summed E-state index contributed by atoms with van der Waals surface area (Å²) in [7, 11) is 0. The number of benzene rings is 1. The molecule has 1 rings (SSSR count). The molecule has 0 spiro atoms. The summed E-state index contributed by atoms with van der Waals surface area (Å²) in [5, 5.41) is 22.1. The van der Waals surface area contributed by atoms with E-state index in [4.69, 9.17) is 5.11 Å². The highest BCUT2D eigenvalue weighted by Crippen LogP contribution is 2.22. The average molecular weight is 259 g/mol. The lowest BCUT2D eigenvalue weighted by atomic mass is 9.99. The average Bonchev–Trinajstić information content (AvgIpc) is 2.31. The van der Waals surface area contributed by atoms with E-state index < -0.39 is 29.3 Å². The molecule has 0 aliphatic heterocycles. The van der Waals surface area contributed by atoms with Gasteiger partial charge in [-0.25, -0.2) is 8.78 Å². The van der Waals surface area contributed by atoms with Crippen molar-refractivity contribution >= 4 is 0 Å². The molecule has 2 atom stereocenters. The maximum Gasteiger partial charge on any atom is 0.129 e. The van der Waals surface area contributed by atoms with Crippen molar-refractivity contribution in [2.45, 2.75) is 38.5 Å². The van der Waals surface area contributed by atoms with Crippen molar-refractivity contribution in [2.24, 2.45) is 0 Å². The van der Waals surface area contributed by atoms with Crippen molar-refractivity contribution in [3.63, 3.8) is 0 Å². The van der Waals surface area contributed by atoms with Gasteiger partial charge in [0.25, 0.3) is 0 Å². The predicted octanol–water partition coefficient (Wildman–Crippen LogP) is 1.75. The first-order chi connectivity index (χ1) is 8.26. The minimum Gasteiger partial charge on any atom is -0.394 e. The second-order valence-corrected chi connectivity index (χ2v) is 5.09. The van der Waals surface area contributed by atoms with Gasteiger partial charge in [0, 0.05) is 17.1 Å². The van der Waals surface area contributed by atoms with E-state index in [1.807, 2.05) is 0 Å². The first-order valence-electron chi connectivity index (χ1n) is 5.78. The highest BCUT2D eigenvalue weighted by Gasteiger charge is 2.26. The Labute approximate surface area is 105 Å². The van der Waals surface area contributed by atoms with Crippen LogP contribution in [0, 0.1) is 11.6 Å². The highest BCUT2D eigenvalue weighted by atomic mass is 19.1.